The van der Waals surface area contributed by atoms with Crippen molar-refractivity contribution in [2.75, 3.05) is 14.2 Å². The fraction of sp³-hybridized carbons (Fsp3) is 0.429. The fourth-order valence-electron chi connectivity index (χ4n) is 2.89. The first-order valence-corrected chi connectivity index (χ1v) is 9.53. The van der Waals surface area contributed by atoms with Crippen molar-refractivity contribution in [1.82, 2.24) is 15.1 Å². The molecule has 9 nitrogen and oxygen atoms in total. The third-order valence-corrected chi connectivity index (χ3v) is 4.83. The molecule has 3 N–H and O–H groups in total. The second-order valence-electron chi connectivity index (χ2n) is 7.27. The van der Waals surface area contributed by atoms with Gasteiger partial charge in [-0.05, 0) is 17.0 Å². The van der Waals surface area contributed by atoms with E-state index in [0.717, 1.165) is 5.56 Å². The Balaban J connectivity index is 2.26. The van der Waals surface area contributed by atoms with Crippen LogP contribution < -0.4 is 21.3 Å². The Morgan fingerprint density at radius 2 is 1.83 bits per heavy atom. The van der Waals surface area contributed by atoms with E-state index < -0.39 is 24.0 Å². The smallest absolute Gasteiger partial charge is 0.328 e. The minimum Gasteiger partial charge on any atom is -0.494 e. The number of hydrogen-bond acceptors (Lipinski definition) is 7. The van der Waals surface area contributed by atoms with Crippen molar-refractivity contribution >= 4 is 11.9 Å². The second-order valence-corrected chi connectivity index (χ2v) is 7.27. The number of esters is 1. The van der Waals surface area contributed by atoms with Gasteiger partial charge in [-0.25, -0.2) is 9.48 Å². The topological polar surface area (TPSA) is 126 Å². The van der Waals surface area contributed by atoms with Gasteiger partial charge in [-0.3, -0.25) is 9.59 Å². The van der Waals surface area contributed by atoms with Crippen LogP contribution in [-0.2, 0) is 27.8 Å². The van der Waals surface area contributed by atoms with Crippen LogP contribution in [0.4, 0.5) is 0 Å². The molecule has 0 saturated carbocycles. The summed E-state index contributed by atoms with van der Waals surface area (Å²) in [5, 5.41) is 6.61. The van der Waals surface area contributed by atoms with Gasteiger partial charge in [0.25, 0.3) is 5.56 Å². The summed E-state index contributed by atoms with van der Waals surface area (Å²) in [6, 6.07) is 5.46. The molecule has 0 bridgehead atoms. The van der Waals surface area contributed by atoms with Crippen molar-refractivity contribution in [2.24, 2.45) is 18.7 Å². The molecule has 1 amide bonds. The van der Waals surface area contributed by atoms with Gasteiger partial charge in [-0.15, -0.1) is 0 Å². The molecule has 0 saturated heterocycles. The van der Waals surface area contributed by atoms with Crippen LogP contribution in [0.3, 0.4) is 0 Å². The summed E-state index contributed by atoms with van der Waals surface area (Å²) >= 11 is 0. The number of aromatic nitrogens is 2. The summed E-state index contributed by atoms with van der Waals surface area (Å²) in [6.45, 7) is 3.65. The van der Waals surface area contributed by atoms with Gasteiger partial charge in [0.1, 0.15) is 6.04 Å². The lowest BCUT2D eigenvalue weighted by Gasteiger charge is -2.21. The van der Waals surface area contributed by atoms with Gasteiger partial charge >= 0.3 is 5.97 Å². The van der Waals surface area contributed by atoms with E-state index in [9.17, 15) is 14.4 Å². The van der Waals surface area contributed by atoms with Crippen LogP contribution in [0.1, 0.15) is 19.4 Å². The number of nitrogens with two attached hydrogens (primary N) is 1. The van der Waals surface area contributed by atoms with Crippen molar-refractivity contribution in [1.29, 1.82) is 0 Å². The number of hydrogen-bond donors (Lipinski definition) is 2. The quantitative estimate of drug-likeness (QED) is 0.605. The Kier molecular flexibility index (Phi) is 7.71. The van der Waals surface area contributed by atoms with E-state index in [-0.39, 0.29) is 17.9 Å². The summed E-state index contributed by atoms with van der Waals surface area (Å²) in [5.74, 6) is -0.677. The van der Waals surface area contributed by atoms with Crippen LogP contribution in [-0.4, -0.2) is 48.0 Å². The molecule has 2 rings (SSSR count). The number of rotatable bonds is 8. The molecule has 0 radical (unpaired) electrons. The summed E-state index contributed by atoms with van der Waals surface area (Å²) in [7, 11) is 4.30. The molecular weight excluding hydrogens is 388 g/mol. The molecule has 9 heteroatoms. The molecule has 1 heterocycles. The van der Waals surface area contributed by atoms with E-state index in [2.05, 4.69) is 10.4 Å². The van der Waals surface area contributed by atoms with E-state index in [1.54, 1.807) is 31.3 Å². The van der Waals surface area contributed by atoms with Crippen molar-refractivity contribution < 1.29 is 19.1 Å². The predicted octanol–water partition coefficient (Wildman–Crippen LogP) is 0.640. The number of ether oxygens (including phenoxy) is 2. The molecule has 0 spiro atoms. The fourth-order valence-corrected chi connectivity index (χ4v) is 2.89. The minimum atomic E-state index is -0.874. The summed E-state index contributed by atoms with van der Waals surface area (Å²) in [5.41, 5.74) is 7.40. The lowest BCUT2D eigenvalue weighted by molar-refractivity contribution is -0.145. The number of carbonyl (C=O) groups is 2. The van der Waals surface area contributed by atoms with Crippen molar-refractivity contribution in [3.8, 4) is 16.9 Å². The molecule has 1 aromatic heterocycles. The monoisotopic (exact) mass is 416 g/mol. The van der Waals surface area contributed by atoms with Crippen molar-refractivity contribution in [3.63, 3.8) is 0 Å². The summed E-state index contributed by atoms with van der Waals surface area (Å²) < 4.78 is 11.3. The Morgan fingerprint density at radius 3 is 2.37 bits per heavy atom. The third kappa shape index (κ3) is 5.24. The standard InChI is InChI=1S/C21H28N4O5/c1-12(2)18(22)19(26)24-15(21(28)30-5)10-13-6-8-14(9-7-13)17-16(29-4)11-23-25(3)20(17)27/h6-9,11-12,15,18H,10,22H2,1-5H3,(H,24,26)/t15-,18+/m1/s1. The van der Waals surface area contributed by atoms with Gasteiger partial charge in [0, 0.05) is 13.5 Å². The van der Waals surface area contributed by atoms with Crippen LogP contribution in [0.15, 0.2) is 35.3 Å². The Morgan fingerprint density at radius 1 is 1.20 bits per heavy atom. The highest BCUT2D eigenvalue weighted by Gasteiger charge is 2.26. The zero-order chi connectivity index (χ0) is 22.4. The normalized spacial score (nSPS) is 12.9. The maximum atomic E-state index is 12.5. The lowest BCUT2D eigenvalue weighted by atomic mass is 10.00. The highest BCUT2D eigenvalue weighted by atomic mass is 16.5. The first-order chi connectivity index (χ1) is 14.2. The molecule has 2 atom stereocenters. The number of carbonyl (C=O) groups excluding carboxylic acids is 2. The SMILES string of the molecule is COC(=O)[C@@H](Cc1ccc(-c2c(OC)cnn(C)c2=O)cc1)NC(=O)[C@@H](N)C(C)C. The average Bonchev–Trinajstić information content (AvgIpc) is 2.74. The molecule has 1 aromatic carbocycles. The number of methoxy groups -OCH3 is 2. The number of aryl methyl sites for hydroxylation is 1. The molecule has 0 aliphatic heterocycles. The average molecular weight is 416 g/mol. The highest BCUT2D eigenvalue weighted by molar-refractivity contribution is 5.87. The molecule has 0 fully saturated rings. The van der Waals surface area contributed by atoms with Gasteiger partial charge in [-0.1, -0.05) is 38.1 Å². The first kappa shape index (κ1) is 23.1. The molecule has 30 heavy (non-hydrogen) atoms. The van der Waals surface area contributed by atoms with Crippen LogP contribution in [0.2, 0.25) is 0 Å². The number of benzene rings is 1. The first-order valence-electron chi connectivity index (χ1n) is 9.53. The van der Waals surface area contributed by atoms with Crippen molar-refractivity contribution in [3.05, 3.63) is 46.4 Å². The van der Waals surface area contributed by atoms with E-state index in [1.165, 1.54) is 25.1 Å². The van der Waals surface area contributed by atoms with E-state index in [1.807, 2.05) is 13.8 Å². The zero-order valence-corrected chi connectivity index (χ0v) is 17.8. The van der Waals surface area contributed by atoms with Crippen LogP contribution in [0.5, 0.6) is 5.75 Å². The Hall–Kier alpha value is -3.20. The zero-order valence-electron chi connectivity index (χ0n) is 17.8. The van der Waals surface area contributed by atoms with Crippen LogP contribution >= 0.6 is 0 Å². The van der Waals surface area contributed by atoms with E-state index in [0.29, 0.717) is 16.9 Å². The van der Waals surface area contributed by atoms with Gasteiger partial charge in [0.15, 0.2) is 5.75 Å². The van der Waals surface area contributed by atoms with E-state index >= 15 is 0 Å². The van der Waals surface area contributed by atoms with Gasteiger partial charge < -0.3 is 20.5 Å². The lowest BCUT2D eigenvalue weighted by Crippen LogP contribution is -2.51. The summed E-state index contributed by atoms with van der Waals surface area (Å²) in [6.07, 6.45) is 1.69. The molecule has 2 aromatic rings. The molecule has 162 valence electrons. The summed E-state index contributed by atoms with van der Waals surface area (Å²) in [4.78, 5) is 36.9. The molecule has 0 unspecified atom stereocenters. The van der Waals surface area contributed by atoms with Gasteiger partial charge in [0.05, 0.1) is 32.0 Å². The highest BCUT2D eigenvalue weighted by Crippen LogP contribution is 2.25. The van der Waals surface area contributed by atoms with Gasteiger partial charge in [-0.2, -0.15) is 5.10 Å². The Labute approximate surface area is 175 Å². The minimum absolute atomic E-state index is 0.0689. The number of nitrogens with one attached hydrogen (secondary N) is 1. The van der Waals surface area contributed by atoms with Crippen LogP contribution in [0, 0.1) is 5.92 Å². The van der Waals surface area contributed by atoms with Crippen LogP contribution in [0.25, 0.3) is 11.1 Å². The Bertz CT molecular complexity index is 953. The predicted molar refractivity (Wildman–Crippen MR) is 112 cm³/mol. The van der Waals surface area contributed by atoms with Crippen molar-refractivity contribution in [2.45, 2.75) is 32.4 Å². The third-order valence-electron chi connectivity index (χ3n) is 4.83. The van der Waals surface area contributed by atoms with E-state index in [4.69, 9.17) is 15.2 Å². The number of nitrogens with zero attached hydrogens (tertiary/aromatic N) is 2. The second kappa shape index (κ2) is 10.0. The van der Waals surface area contributed by atoms with Gasteiger partial charge in [0.2, 0.25) is 5.91 Å². The molecular formula is C21H28N4O5. The largest absolute Gasteiger partial charge is 0.494 e. The number of amides is 1. The maximum absolute atomic E-state index is 12.5. The maximum Gasteiger partial charge on any atom is 0.328 e. The molecule has 0 aliphatic rings. The molecule has 0 aliphatic carbocycles.